The van der Waals surface area contributed by atoms with E-state index in [1.807, 2.05) is 75.4 Å². The maximum atomic E-state index is 13.9. The lowest BCUT2D eigenvalue weighted by atomic mass is 9.86. The van der Waals surface area contributed by atoms with Crippen LogP contribution in [0.1, 0.15) is 52.2 Å². The fourth-order valence-corrected chi connectivity index (χ4v) is 5.05. The zero-order valence-corrected chi connectivity index (χ0v) is 30.0. The Morgan fingerprint density at radius 1 is 0.915 bits per heavy atom. The summed E-state index contributed by atoms with van der Waals surface area (Å²) in [4.78, 5) is 52.6. The molecule has 5 N–H and O–H groups in total. The van der Waals surface area contributed by atoms with E-state index in [2.05, 4.69) is 37.3 Å². The number of ether oxygens (including phenoxy) is 2. The molecule has 0 bridgehead atoms. The second kappa shape index (κ2) is 18.7. The summed E-state index contributed by atoms with van der Waals surface area (Å²) in [5.74, 6) is -1.87. The maximum absolute atomic E-state index is 13.9. The zero-order chi connectivity index (χ0) is 35.2. The van der Waals surface area contributed by atoms with Crippen molar-refractivity contribution in [2.75, 3.05) is 33.9 Å². The van der Waals surface area contributed by atoms with E-state index in [9.17, 15) is 24.3 Å². The van der Waals surface area contributed by atoms with Crippen molar-refractivity contribution in [3.63, 3.8) is 0 Å². The van der Waals surface area contributed by atoms with Crippen molar-refractivity contribution >= 4 is 39.7 Å². The van der Waals surface area contributed by atoms with Crippen LogP contribution in [-0.4, -0.2) is 85.5 Å². The fourth-order valence-electron chi connectivity index (χ4n) is 4.79. The van der Waals surface area contributed by atoms with Gasteiger partial charge in [0.25, 0.3) is 11.8 Å². The topological polar surface area (TPSA) is 158 Å². The van der Waals surface area contributed by atoms with Crippen LogP contribution >= 0.6 is 15.9 Å². The van der Waals surface area contributed by atoms with Crippen molar-refractivity contribution in [1.82, 2.24) is 26.4 Å². The van der Waals surface area contributed by atoms with Crippen LogP contribution in [0.2, 0.25) is 0 Å². The van der Waals surface area contributed by atoms with Gasteiger partial charge in [-0.25, -0.2) is 9.80 Å². The van der Waals surface area contributed by atoms with E-state index in [0.29, 0.717) is 6.61 Å². The molecule has 0 aromatic heterocycles. The molecule has 0 radical (unpaired) electrons. The Hall–Kier alpha value is -3.52. The molecule has 0 heterocycles. The molecule has 0 unspecified atom stereocenters. The largest absolute Gasteiger partial charge is 0.453 e. The number of benzene rings is 2. The van der Waals surface area contributed by atoms with Crippen LogP contribution in [0.25, 0.3) is 0 Å². The standard InChI is InChI=1S/C34H50BrN5O7/c1-23(2)27(29(41)36-18-20-46-6)37-31(43)34(45,21-24-11-9-8-10-12-24)17-19-40(22-25-13-15-26(35)16-14-25)39-30(42)28(33(3,4)5)38-32(44)47-7/h8-16,23,27-28,45H,17-22H2,1-7H3,(H,36,41)(H,37,43)(H,38,44)(H,39,42)/t27-,28+,34+/m0/s1. The number of aliphatic hydroxyl groups is 1. The number of methoxy groups -OCH3 is 2. The summed E-state index contributed by atoms with van der Waals surface area (Å²) in [5, 5.41) is 21.8. The normalized spacial score (nSPS) is 14.1. The Bertz CT molecular complexity index is 1300. The third kappa shape index (κ3) is 13.3. The second-order valence-electron chi connectivity index (χ2n) is 12.9. The number of hydrogen-bond donors (Lipinski definition) is 5. The Morgan fingerprint density at radius 2 is 1.55 bits per heavy atom. The lowest BCUT2D eigenvalue weighted by Gasteiger charge is -2.35. The highest BCUT2D eigenvalue weighted by Gasteiger charge is 2.40. The van der Waals surface area contributed by atoms with Crippen molar-refractivity contribution in [3.05, 3.63) is 70.2 Å². The van der Waals surface area contributed by atoms with Crippen LogP contribution in [-0.2, 0) is 36.8 Å². The molecule has 2 aromatic carbocycles. The molecule has 2 rings (SSSR count). The van der Waals surface area contributed by atoms with Gasteiger partial charge in [-0.3, -0.25) is 19.8 Å². The number of alkyl carbamates (subject to hydrolysis) is 1. The predicted octanol–water partition coefficient (Wildman–Crippen LogP) is 3.32. The number of rotatable bonds is 17. The van der Waals surface area contributed by atoms with Crippen LogP contribution in [0.15, 0.2) is 59.1 Å². The number of hydrogen-bond acceptors (Lipinski definition) is 8. The third-order valence-corrected chi connectivity index (χ3v) is 8.06. The highest BCUT2D eigenvalue weighted by molar-refractivity contribution is 9.10. The average molecular weight is 721 g/mol. The number of carbonyl (C=O) groups is 4. The molecular formula is C34H50BrN5O7. The van der Waals surface area contributed by atoms with Crippen LogP contribution < -0.4 is 21.4 Å². The van der Waals surface area contributed by atoms with Gasteiger partial charge in [0.2, 0.25) is 5.91 Å². The fraction of sp³-hybridized carbons (Fsp3) is 0.529. The summed E-state index contributed by atoms with van der Waals surface area (Å²) in [5.41, 5.74) is 1.82. The first kappa shape index (κ1) is 39.7. The summed E-state index contributed by atoms with van der Waals surface area (Å²) >= 11 is 3.44. The molecular weight excluding hydrogens is 670 g/mol. The number of nitrogens with one attached hydrogen (secondary N) is 4. The van der Waals surface area contributed by atoms with E-state index in [4.69, 9.17) is 9.47 Å². The van der Waals surface area contributed by atoms with E-state index >= 15 is 0 Å². The quantitative estimate of drug-likeness (QED) is 0.123. The molecule has 3 atom stereocenters. The molecule has 0 fully saturated rings. The first-order valence-corrected chi connectivity index (χ1v) is 16.4. The van der Waals surface area contributed by atoms with Gasteiger partial charge < -0.3 is 30.5 Å². The van der Waals surface area contributed by atoms with Gasteiger partial charge in [-0.05, 0) is 34.6 Å². The molecule has 12 nitrogen and oxygen atoms in total. The first-order chi connectivity index (χ1) is 22.1. The van der Waals surface area contributed by atoms with Crippen LogP contribution in [0, 0.1) is 11.3 Å². The molecule has 260 valence electrons. The predicted molar refractivity (Wildman–Crippen MR) is 183 cm³/mol. The minimum absolute atomic E-state index is 0.0373. The number of carbonyl (C=O) groups excluding carboxylic acids is 4. The van der Waals surface area contributed by atoms with Crippen LogP contribution in [0.4, 0.5) is 4.79 Å². The first-order valence-electron chi connectivity index (χ1n) is 15.6. The van der Waals surface area contributed by atoms with E-state index in [0.717, 1.165) is 15.6 Å². The molecule has 0 aliphatic carbocycles. The smallest absolute Gasteiger partial charge is 0.407 e. The molecule has 2 aromatic rings. The Balaban J connectivity index is 2.41. The minimum atomic E-state index is -1.96. The van der Waals surface area contributed by atoms with E-state index in [-0.39, 0.29) is 44.3 Å². The van der Waals surface area contributed by atoms with E-state index in [1.54, 1.807) is 18.9 Å². The zero-order valence-electron chi connectivity index (χ0n) is 28.4. The molecule has 47 heavy (non-hydrogen) atoms. The summed E-state index contributed by atoms with van der Waals surface area (Å²) in [6.45, 7) is 9.90. The molecule has 0 aliphatic heterocycles. The molecule has 0 spiro atoms. The average Bonchev–Trinajstić information content (AvgIpc) is 3.01. The van der Waals surface area contributed by atoms with Crippen molar-refractivity contribution in [3.8, 4) is 0 Å². The maximum Gasteiger partial charge on any atom is 0.407 e. The number of nitrogens with zero attached hydrogens (tertiary/aromatic N) is 1. The van der Waals surface area contributed by atoms with E-state index in [1.165, 1.54) is 14.2 Å². The molecule has 0 aliphatic rings. The second-order valence-corrected chi connectivity index (χ2v) is 13.8. The van der Waals surface area contributed by atoms with Crippen molar-refractivity contribution in [2.24, 2.45) is 11.3 Å². The SMILES string of the molecule is COCCNC(=O)[C@@H](NC(=O)[C@@](O)(CCN(Cc1ccc(Br)cc1)NC(=O)[C@@H](NC(=O)OC)C(C)(C)C)Cc1ccccc1)C(C)C. The minimum Gasteiger partial charge on any atom is -0.453 e. The van der Waals surface area contributed by atoms with Crippen molar-refractivity contribution in [1.29, 1.82) is 0 Å². The molecule has 0 saturated carbocycles. The summed E-state index contributed by atoms with van der Waals surface area (Å²) < 4.78 is 10.6. The summed E-state index contributed by atoms with van der Waals surface area (Å²) in [6.07, 6.45) is -0.894. The van der Waals surface area contributed by atoms with Gasteiger partial charge in [0.05, 0.1) is 13.7 Å². The highest BCUT2D eigenvalue weighted by atomic mass is 79.9. The molecule has 13 heteroatoms. The van der Waals surface area contributed by atoms with Gasteiger partial charge in [0, 0.05) is 44.1 Å². The van der Waals surface area contributed by atoms with Gasteiger partial charge >= 0.3 is 6.09 Å². The summed E-state index contributed by atoms with van der Waals surface area (Å²) in [6, 6.07) is 14.7. The van der Waals surface area contributed by atoms with Gasteiger partial charge in [0.1, 0.15) is 17.7 Å². The Labute approximate surface area is 286 Å². The van der Waals surface area contributed by atoms with Crippen LogP contribution in [0.3, 0.4) is 0 Å². The monoisotopic (exact) mass is 719 g/mol. The summed E-state index contributed by atoms with van der Waals surface area (Å²) in [7, 11) is 2.75. The van der Waals surface area contributed by atoms with Gasteiger partial charge in [0.15, 0.2) is 0 Å². The van der Waals surface area contributed by atoms with Crippen molar-refractivity contribution in [2.45, 2.75) is 71.7 Å². The lowest BCUT2D eigenvalue weighted by molar-refractivity contribution is -0.145. The van der Waals surface area contributed by atoms with Crippen LogP contribution in [0.5, 0.6) is 0 Å². The van der Waals surface area contributed by atoms with Gasteiger partial charge in [-0.15, -0.1) is 0 Å². The number of halogens is 1. The number of amides is 4. The molecule has 0 saturated heterocycles. The third-order valence-electron chi connectivity index (χ3n) is 7.53. The Kier molecular flexibility index (Phi) is 15.8. The lowest BCUT2D eigenvalue weighted by Crippen LogP contribution is -2.59. The van der Waals surface area contributed by atoms with Gasteiger partial charge in [-0.1, -0.05) is 93.0 Å². The highest BCUT2D eigenvalue weighted by Crippen LogP contribution is 2.23. The number of hydrazine groups is 1. The van der Waals surface area contributed by atoms with Crippen molar-refractivity contribution < 1.29 is 33.8 Å². The van der Waals surface area contributed by atoms with Gasteiger partial charge in [-0.2, -0.15) is 0 Å². The molecule has 4 amide bonds. The Morgan fingerprint density at radius 3 is 2.11 bits per heavy atom. The van der Waals surface area contributed by atoms with E-state index < -0.39 is 41.0 Å².